The molecule has 0 atom stereocenters. The summed E-state index contributed by atoms with van der Waals surface area (Å²) in [5, 5.41) is 23.8. The summed E-state index contributed by atoms with van der Waals surface area (Å²) in [6.45, 7) is 0. The highest BCUT2D eigenvalue weighted by Gasteiger charge is 2.12. The number of H-pyrrole nitrogens is 1. The lowest BCUT2D eigenvalue weighted by Gasteiger charge is -2.04. The zero-order chi connectivity index (χ0) is 17.0. The second-order valence-electron chi connectivity index (χ2n) is 6.29. The number of phenols is 2. The third-order valence-electron chi connectivity index (χ3n) is 4.78. The summed E-state index contributed by atoms with van der Waals surface area (Å²) in [7, 11) is 0. The number of phenolic OH excluding ortho intramolecular Hbond substituents is 2. The number of aromatic hydroxyl groups is 2. The molecular formula is C22H15NO2. The van der Waals surface area contributed by atoms with Crippen molar-refractivity contribution in [2.24, 2.45) is 0 Å². The van der Waals surface area contributed by atoms with Crippen molar-refractivity contribution in [3.8, 4) is 22.6 Å². The van der Waals surface area contributed by atoms with Crippen LogP contribution in [0, 0.1) is 0 Å². The highest BCUT2D eigenvalue weighted by molar-refractivity contribution is 6.22. The van der Waals surface area contributed by atoms with Crippen molar-refractivity contribution in [1.29, 1.82) is 0 Å². The first-order chi connectivity index (χ1) is 12.2. The van der Waals surface area contributed by atoms with Gasteiger partial charge in [0, 0.05) is 21.9 Å². The summed E-state index contributed by atoms with van der Waals surface area (Å²) in [5.41, 5.74) is 4.22. The second kappa shape index (κ2) is 5.02. The molecule has 3 heteroatoms. The highest BCUT2D eigenvalue weighted by Crippen LogP contribution is 2.37. The van der Waals surface area contributed by atoms with E-state index in [9.17, 15) is 10.2 Å². The van der Waals surface area contributed by atoms with Crippen LogP contribution in [-0.4, -0.2) is 15.2 Å². The van der Waals surface area contributed by atoms with Crippen molar-refractivity contribution in [3.05, 3.63) is 72.8 Å². The monoisotopic (exact) mass is 325 g/mol. The maximum absolute atomic E-state index is 9.92. The maximum atomic E-state index is 9.92. The summed E-state index contributed by atoms with van der Waals surface area (Å²) < 4.78 is 0. The minimum atomic E-state index is 0.258. The standard InChI is InChI=1S/C22H15NO2/c24-15-8-4-13(5-9-15)17-2-1-3-18-21-19-12-16(25)10-6-14(19)7-11-20(21)23-22(17)18/h1-12,23-25H. The van der Waals surface area contributed by atoms with Crippen molar-refractivity contribution in [3.63, 3.8) is 0 Å². The number of aromatic amines is 1. The lowest BCUT2D eigenvalue weighted by Crippen LogP contribution is -1.79. The first-order valence-electron chi connectivity index (χ1n) is 8.16. The van der Waals surface area contributed by atoms with Crippen molar-refractivity contribution in [1.82, 2.24) is 4.98 Å². The molecule has 0 fully saturated rings. The van der Waals surface area contributed by atoms with Gasteiger partial charge in [-0.15, -0.1) is 0 Å². The molecule has 25 heavy (non-hydrogen) atoms. The molecule has 0 aliphatic rings. The third-order valence-corrected chi connectivity index (χ3v) is 4.78. The van der Waals surface area contributed by atoms with Crippen LogP contribution in [0.25, 0.3) is 43.7 Å². The molecule has 3 nitrogen and oxygen atoms in total. The van der Waals surface area contributed by atoms with Crippen LogP contribution in [0.5, 0.6) is 11.5 Å². The van der Waals surface area contributed by atoms with E-state index in [-0.39, 0.29) is 11.5 Å². The molecule has 0 aliphatic carbocycles. The molecule has 1 aromatic heterocycles. The number of rotatable bonds is 1. The molecule has 0 bridgehead atoms. The minimum absolute atomic E-state index is 0.258. The van der Waals surface area contributed by atoms with Crippen molar-refractivity contribution in [2.45, 2.75) is 0 Å². The molecule has 0 aliphatic heterocycles. The van der Waals surface area contributed by atoms with E-state index >= 15 is 0 Å². The Morgan fingerprint density at radius 2 is 1.44 bits per heavy atom. The van der Waals surface area contributed by atoms with Gasteiger partial charge in [-0.2, -0.15) is 0 Å². The average molecular weight is 325 g/mol. The van der Waals surface area contributed by atoms with Gasteiger partial charge in [0.25, 0.3) is 0 Å². The number of fused-ring (bicyclic) bond motifs is 5. The van der Waals surface area contributed by atoms with E-state index in [1.54, 1.807) is 18.2 Å². The molecule has 0 radical (unpaired) electrons. The van der Waals surface area contributed by atoms with Crippen LogP contribution in [0.15, 0.2) is 72.8 Å². The number of hydrogen-bond donors (Lipinski definition) is 3. The maximum Gasteiger partial charge on any atom is 0.116 e. The topological polar surface area (TPSA) is 56.2 Å². The summed E-state index contributed by atoms with van der Waals surface area (Å²) in [4.78, 5) is 3.53. The zero-order valence-corrected chi connectivity index (χ0v) is 13.3. The average Bonchev–Trinajstić information content (AvgIpc) is 3.01. The summed E-state index contributed by atoms with van der Waals surface area (Å²) >= 11 is 0. The van der Waals surface area contributed by atoms with Gasteiger partial charge in [-0.25, -0.2) is 0 Å². The molecule has 0 amide bonds. The van der Waals surface area contributed by atoms with Crippen molar-refractivity contribution < 1.29 is 10.2 Å². The van der Waals surface area contributed by atoms with E-state index in [1.165, 1.54) is 0 Å². The Kier molecular flexibility index (Phi) is 2.80. The van der Waals surface area contributed by atoms with E-state index < -0.39 is 0 Å². The van der Waals surface area contributed by atoms with Gasteiger partial charge in [0.15, 0.2) is 0 Å². The third kappa shape index (κ3) is 2.06. The van der Waals surface area contributed by atoms with E-state index in [1.807, 2.05) is 30.3 Å². The van der Waals surface area contributed by atoms with Crippen LogP contribution in [-0.2, 0) is 0 Å². The summed E-state index contributed by atoms with van der Waals surface area (Å²) in [6.07, 6.45) is 0. The largest absolute Gasteiger partial charge is 0.508 e. The first-order valence-corrected chi connectivity index (χ1v) is 8.16. The van der Waals surface area contributed by atoms with E-state index in [4.69, 9.17) is 0 Å². The van der Waals surface area contributed by atoms with E-state index in [2.05, 4.69) is 29.2 Å². The lowest BCUT2D eigenvalue weighted by atomic mass is 10.00. The number of benzene rings is 4. The Morgan fingerprint density at radius 1 is 0.680 bits per heavy atom. The van der Waals surface area contributed by atoms with Gasteiger partial charge in [0.1, 0.15) is 11.5 Å². The Bertz CT molecular complexity index is 1250. The molecule has 0 spiro atoms. The Morgan fingerprint density at radius 3 is 2.28 bits per heavy atom. The highest BCUT2D eigenvalue weighted by atomic mass is 16.3. The SMILES string of the molecule is Oc1ccc(-c2cccc3c2[nH]c2ccc4ccc(O)cc4c23)cc1. The zero-order valence-electron chi connectivity index (χ0n) is 13.3. The predicted octanol–water partition coefficient (Wildman–Crippen LogP) is 5.55. The van der Waals surface area contributed by atoms with Crippen LogP contribution >= 0.6 is 0 Å². The Hall–Kier alpha value is -3.46. The molecule has 3 N–H and O–H groups in total. The molecule has 0 saturated carbocycles. The van der Waals surface area contributed by atoms with Crippen LogP contribution in [0.3, 0.4) is 0 Å². The number of nitrogens with one attached hydrogen (secondary N) is 1. The van der Waals surface area contributed by atoms with Crippen molar-refractivity contribution >= 4 is 32.6 Å². The van der Waals surface area contributed by atoms with Gasteiger partial charge >= 0.3 is 0 Å². The molecule has 0 unspecified atom stereocenters. The molecule has 1 heterocycles. The van der Waals surface area contributed by atoms with E-state index in [0.29, 0.717) is 0 Å². The summed E-state index contributed by atoms with van der Waals surface area (Å²) in [6, 6.07) is 23.1. The first kappa shape index (κ1) is 13.9. The fourth-order valence-electron chi connectivity index (χ4n) is 3.61. The summed E-state index contributed by atoms with van der Waals surface area (Å²) in [5.74, 6) is 0.526. The van der Waals surface area contributed by atoms with Crippen LogP contribution in [0.4, 0.5) is 0 Å². The molecular weight excluding hydrogens is 310 g/mol. The quantitative estimate of drug-likeness (QED) is 0.378. The number of aromatic nitrogens is 1. The minimum Gasteiger partial charge on any atom is -0.508 e. The van der Waals surface area contributed by atoms with Crippen LogP contribution < -0.4 is 0 Å². The number of para-hydroxylation sites is 1. The molecule has 0 saturated heterocycles. The smallest absolute Gasteiger partial charge is 0.116 e. The second-order valence-corrected chi connectivity index (χ2v) is 6.29. The molecule has 5 aromatic rings. The van der Waals surface area contributed by atoms with Gasteiger partial charge in [-0.1, -0.05) is 42.5 Å². The van der Waals surface area contributed by atoms with Crippen LogP contribution in [0.1, 0.15) is 0 Å². The molecule has 120 valence electrons. The molecule has 5 rings (SSSR count). The van der Waals surface area contributed by atoms with Gasteiger partial charge in [-0.3, -0.25) is 0 Å². The fourth-order valence-corrected chi connectivity index (χ4v) is 3.61. The lowest BCUT2D eigenvalue weighted by molar-refractivity contribution is 0.475. The van der Waals surface area contributed by atoms with Gasteiger partial charge < -0.3 is 15.2 Å². The predicted molar refractivity (Wildman–Crippen MR) is 102 cm³/mol. The van der Waals surface area contributed by atoms with Crippen molar-refractivity contribution in [2.75, 3.05) is 0 Å². The molecule has 4 aromatic carbocycles. The normalized spacial score (nSPS) is 11.5. The number of hydrogen-bond acceptors (Lipinski definition) is 2. The van der Waals surface area contributed by atoms with E-state index in [0.717, 1.165) is 43.7 Å². The Labute approximate surface area is 143 Å². The Balaban J connectivity index is 1.91. The van der Waals surface area contributed by atoms with Gasteiger partial charge in [0.2, 0.25) is 0 Å². The van der Waals surface area contributed by atoms with Gasteiger partial charge in [-0.05, 0) is 46.7 Å². The fraction of sp³-hybridized carbons (Fsp3) is 0. The van der Waals surface area contributed by atoms with Gasteiger partial charge in [0.05, 0.1) is 5.52 Å². The van der Waals surface area contributed by atoms with Crippen LogP contribution in [0.2, 0.25) is 0 Å².